The lowest BCUT2D eigenvalue weighted by Crippen LogP contribution is -2.05. The zero-order chi connectivity index (χ0) is 19.5. The summed E-state index contributed by atoms with van der Waals surface area (Å²) in [6, 6.07) is 19.6. The fourth-order valence-corrected chi connectivity index (χ4v) is 3.66. The maximum absolute atomic E-state index is 11.6. The Morgan fingerprint density at radius 1 is 1.07 bits per heavy atom. The first-order valence-electron chi connectivity index (χ1n) is 8.80. The molecule has 2 heterocycles. The number of pyridine rings is 1. The van der Waals surface area contributed by atoms with E-state index in [2.05, 4.69) is 15.5 Å². The van der Waals surface area contributed by atoms with Gasteiger partial charge in [-0.05, 0) is 59.2 Å². The lowest BCUT2D eigenvalue weighted by molar-refractivity contribution is 0.410. The van der Waals surface area contributed by atoms with Crippen molar-refractivity contribution in [2.45, 2.75) is 11.4 Å². The monoisotopic (exact) mass is 392 g/mol. The molecule has 1 N–H and O–H groups in total. The molecule has 7 heteroatoms. The topological polar surface area (TPSA) is 74.5 Å². The van der Waals surface area contributed by atoms with Gasteiger partial charge in [-0.15, -0.1) is 10.2 Å². The van der Waals surface area contributed by atoms with E-state index < -0.39 is 11.2 Å². The van der Waals surface area contributed by atoms with Gasteiger partial charge in [0.1, 0.15) is 24.2 Å². The molecule has 2 aromatic heterocycles. The molecule has 0 aliphatic heterocycles. The second kappa shape index (κ2) is 7.92. The Morgan fingerprint density at radius 2 is 1.86 bits per heavy atom. The summed E-state index contributed by atoms with van der Waals surface area (Å²) in [7, 11) is 1.67. The number of benzene rings is 2. The second-order valence-electron chi connectivity index (χ2n) is 6.30. The van der Waals surface area contributed by atoms with Crippen molar-refractivity contribution in [1.29, 1.82) is 0 Å². The van der Waals surface area contributed by atoms with E-state index >= 15 is 0 Å². The molecule has 1 atom stereocenters. The summed E-state index contributed by atoms with van der Waals surface area (Å²) in [5, 5.41) is 11.8. The number of anilines is 1. The molecule has 4 rings (SSSR count). The average molecular weight is 392 g/mol. The summed E-state index contributed by atoms with van der Waals surface area (Å²) in [5.41, 5.74) is 3.80. The minimum atomic E-state index is -0.994. The van der Waals surface area contributed by atoms with Gasteiger partial charge in [-0.2, -0.15) is 0 Å². The van der Waals surface area contributed by atoms with Gasteiger partial charge in [0.05, 0.1) is 7.11 Å². The molecule has 0 fully saturated rings. The van der Waals surface area contributed by atoms with Crippen molar-refractivity contribution in [3.8, 4) is 16.9 Å². The summed E-state index contributed by atoms with van der Waals surface area (Å²) in [6.45, 7) is 0.619. The molecule has 2 aromatic carbocycles. The number of para-hydroxylation sites is 1. The summed E-state index contributed by atoms with van der Waals surface area (Å²) >= 11 is -0.994. The van der Waals surface area contributed by atoms with E-state index in [1.165, 1.54) is 0 Å². The standard InChI is InChI=1S/C21H20N4O2S/c1-27-19-6-4-3-5-16(19)13-22-20-12-11-18(21-24-23-14-25(20)21)15-7-9-17(10-8-15)28(2)26/h3-12,14,22H,13H2,1-2H3. The lowest BCUT2D eigenvalue weighted by atomic mass is 10.1. The molecular weight excluding hydrogens is 372 g/mol. The van der Waals surface area contributed by atoms with Crippen LogP contribution in [0.1, 0.15) is 5.56 Å². The number of nitrogens with one attached hydrogen (secondary N) is 1. The molecule has 0 amide bonds. The molecular formula is C21H20N4O2S. The Hall–Kier alpha value is -3.03. The molecule has 4 aromatic rings. The van der Waals surface area contributed by atoms with Gasteiger partial charge in [0, 0.05) is 17.7 Å². The zero-order valence-electron chi connectivity index (χ0n) is 15.6. The van der Waals surface area contributed by atoms with Gasteiger partial charge in [0.25, 0.3) is 0 Å². The third-order valence-corrected chi connectivity index (χ3v) is 5.54. The van der Waals surface area contributed by atoms with Crippen molar-refractivity contribution >= 4 is 22.6 Å². The summed E-state index contributed by atoms with van der Waals surface area (Å²) in [5.74, 6) is 1.74. The van der Waals surface area contributed by atoms with Crippen molar-refractivity contribution in [2.75, 3.05) is 18.7 Å². The molecule has 0 radical (unpaired) electrons. The van der Waals surface area contributed by atoms with Crippen LogP contribution in [0, 0.1) is 0 Å². The van der Waals surface area contributed by atoms with Crippen LogP contribution in [0.5, 0.6) is 5.75 Å². The van der Waals surface area contributed by atoms with Crippen LogP contribution in [-0.2, 0) is 17.7 Å². The van der Waals surface area contributed by atoms with Crippen LogP contribution in [0.2, 0.25) is 0 Å². The number of methoxy groups -OCH3 is 1. The minimum Gasteiger partial charge on any atom is -0.612 e. The van der Waals surface area contributed by atoms with Gasteiger partial charge >= 0.3 is 0 Å². The summed E-state index contributed by atoms with van der Waals surface area (Å²) < 4.78 is 19.0. The molecule has 0 bridgehead atoms. The lowest BCUT2D eigenvalue weighted by Gasteiger charge is -2.13. The predicted octanol–water partition coefficient (Wildman–Crippen LogP) is 3.75. The highest BCUT2D eigenvalue weighted by Crippen LogP contribution is 2.27. The fourth-order valence-electron chi connectivity index (χ4n) is 3.14. The third-order valence-electron chi connectivity index (χ3n) is 4.61. The van der Waals surface area contributed by atoms with Crippen LogP contribution in [0.25, 0.3) is 16.8 Å². The van der Waals surface area contributed by atoms with Crippen LogP contribution in [0.15, 0.2) is 71.9 Å². The SMILES string of the molecule is COc1ccccc1CNc1ccc(-c2ccc([S+](C)[O-])cc2)c2nncn12. The molecule has 28 heavy (non-hydrogen) atoms. The van der Waals surface area contributed by atoms with Gasteiger partial charge in [-0.3, -0.25) is 4.40 Å². The van der Waals surface area contributed by atoms with E-state index in [9.17, 15) is 4.55 Å². The number of fused-ring (bicyclic) bond motifs is 1. The van der Waals surface area contributed by atoms with Crippen LogP contribution in [-0.4, -0.2) is 32.5 Å². The van der Waals surface area contributed by atoms with Gasteiger partial charge in [0.15, 0.2) is 10.5 Å². The Bertz CT molecular complexity index is 1090. The Morgan fingerprint density at radius 3 is 2.61 bits per heavy atom. The summed E-state index contributed by atoms with van der Waals surface area (Å²) in [4.78, 5) is 0.802. The number of nitrogens with zero attached hydrogens (tertiary/aromatic N) is 3. The van der Waals surface area contributed by atoms with Crippen molar-refractivity contribution in [2.24, 2.45) is 0 Å². The molecule has 0 saturated heterocycles. The first-order valence-corrected chi connectivity index (χ1v) is 10.4. The first-order chi connectivity index (χ1) is 13.7. The van der Waals surface area contributed by atoms with Crippen molar-refractivity contribution < 1.29 is 9.29 Å². The molecule has 1 unspecified atom stereocenters. The number of aromatic nitrogens is 3. The normalized spacial score (nSPS) is 12.1. The minimum absolute atomic E-state index is 0.619. The number of hydrogen-bond donors (Lipinski definition) is 1. The Kier molecular flexibility index (Phi) is 5.18. The maximum atomic E-state index is 11.6. The number of rotatable bonds is 6. The van der Waals surface area contributed by atoms with Gasteiger partial charge in [0.2, 0.25) is 0 Å². The molecule has 0 aliphatic rings. The maximum Gasteiger partial charge on any atom is 0.170 e. The van der Waals surface area contributed by atoms with Crippen molar-refractivity contribution in [1.82, 2.24) is 14.6 Å². The predicted molar refractivity (Wildman–Crippen MR) is 111 cm³/mol. The van der Waals surface area contributed by atoms with Crippen molar-refractivity contribution in [3.63, 3.8) is 0 Å². The number of ether oxygens (including phenoxy) is 1. The fraction of sp³-hybridized carbons (Fsp3) is 0.143. The van der Waals surface area contributed by atoms with E-state index in [1.807, 2.05) is 65.1 Å². The van der Waals surface area contributed by atoms with E-state index in [4.69, 9.17) is 4.74 Å². The van der Waals surface area contributed by atoms with Gasteiger partial charge in [-0.25, -0.2) is 0 Å². The highest BCUT2D eigenvalue weighted by atomic mass is 32.2. The van der Waals surface area contributed by atoms with Crippen LogP contribution >= 0.6 is 0 Å². The first kappa shape index (κ1) is 18.3. The molecule has 0 aliphatic carbocycles. The van der Waals surface area contributed by atoms with Crippen LogP contribution in [0.4, 0.5) is 5.82 Å². The van der Waals surface area contributed by atoms with Crippen LogP contribution in [0.3, 0.4) is 0 Å². The third kappa shape index (κ3) is 3.54. The molecule has 0 saturated carbocycles. The van der Waals surface area contributed by atoms with E-state index in [0.717, 1.165) is 38.8 Å². The van der Waals surface area contributed by atoms with Gasteiger partial charge in [-0.1, -0.05) is 18.2 Å². The molecule has 0 spiro atoms. The van der Waals surface area contributed by atoms with E-state index in [-0.39, 0.29) is 0 Å². The van der Waals surface area contributed by atoms with Gasteiger partial charge < -0.3 is 14.6 Å². The van der Waals surface area contributed by atoms with E-state index in [0.29, 0.717) is 6.54 Å². The highest BCUT2D eigenvalue weighted by Gasteiger charge is 2.12. The van der Waals surface area contributed by atoms with E-state index in [1.54, 1.807) is 19.7 Å². The average Bonchev–Trinajstić information content (AvgIpc) is 3.22. The Labute approximate surface area is 166 Å². The summed E-state index contributed by atoms with van der Waals surface area (Å²) in [6.07, 6.45) is 3.37. The Balaban J connectivity index is 1.64. The van der Waals surface area contributed by atoms with Crippen LogP contribution < -0.4 is 10.1 Å². The second-order valence-corrected chi connectivity index (χ2v) is 7.68. The molecule has 142 valence electrons. The largest absolute Gasteiger partial charge is 0.612 e. The number of hydrogen-bond acceptors (Lipinski definition) is 5. The quantitative estimate of drug-likeness (QED) is 0.506. The molecule has 6 nitrogen and oxygen atoms in total. The van der Waals surface area contributed by atoms with Crippen molar-refractivity contribution in [3.05, 3.63) is 72.6 Å². The smallest absolute Gasteiger partial charge is 0.170 e. The highest BCUT2D eigenvalue weighted by molar-refractivity contribution is 7.90. The zero-order valence-corrected chi connectivity index (χ0v) is 16.4.